The molecule has 7 heteroatoms. The predicted molar refractivity (Wildman–Crippen MR) is 105 cm³/mol. The van der Waals surface area contributed by atoms with Gasteiger partial charge in [-0.1, -0.05) is 30.3 Å². The van der Waals surface area contributed by atoms with Crippen LogP contribution in [-0.2, 0) is 7.05 Å². The van der Waals surface area contributed by atoms with Crippen LogP contribution < -0.4 is 0 Å². The molecular formula is C19H13N5S2. The zero-order valence-electron chi connectivity index (χ0n) is 13.8. The minimum atomic E-state index is 0.435. The Kier molecular flexibility index (Phi) is 4.44. The maximum absolute atomic E-state index is 9.61. The van der Waals surface area contributed by atoms with E-state index in [1.165, 1.54) is 0 Å². The number of allylic oxidation sites excluding steroid dienone is 1. The molecule has 126 valence electrons. The Labute approximate surface area is 158 Å². The first-order chi connectivity index (χ1) is 12.8. The van der Waals surface area contributed by atoms with Crippen molar-refractivity contribution in [3.05, 3.63) is 64.1 Å². The van der Waals surface area contributed by atoms with E-state index in [1.807, 2.05) is 58.8 Å². The lowest BCUT2D eigenvalue weighted by Gasteiger charge is -2.02. The molecule has 26 heavy (non-hydrogen) atoms. The molecule has 3 aromatic heterocycles. The smallest absolute Gasteiger partial charge is 0.174 e. The van der Waals surface area contributed by atoms with Gasteiger partial charge in [0.15, 0.2) is 11.6 Å². The summed E-state index contributed by atoms with van der Waals surface area (Å²) in [4.78, 5) is 4.60. The highest BCUT2D eigenvalue weighted by Gasteiger charge is 2.15. The number of hydrogen-bond donors (Lipinski definition) is 0. The summed E-state index contributed by atoms with van der Waals surface area (Å²) in [7, 11) is 1.86. The van der Waals surface area contributed by atoms with Crippen LogP contribution in [0.5, 0.6) is 0 Å². The van der Waals surface area contributed by atoms with Crippen LogP contribution in [-0.4, -0.2) is 19.7 Å². The second-order valence-corrected chi connectivity index (χ2v) is 7.17. The third-order valence-electron chi connectivity index (χ3n) is 3.85. The first-order valence-corrected chi connectivity index (χ1v) is 9.63. The molecule has 5 nitrogen and oxygen atoms in total. The molecule has 4 rings (SSSR count). The highest BCUT2D eigenvalue weighted by Crippen LogP contribution is 2.28. The summed E-state index contributed by atoms with van der Waals surface area (Å²) >= 11 is 3.20. The van der Waals surface area contributed by atoms with Gasteiger partial charge in [0.25, 0.3) is 0 Å². The summed E-state index contributed by atoms with van der Waals surface area (Å²) in [6, 6.07) is 14.1. The molecule has 0 fully saturated rings. The molecule has 0 spiro atoms. The molecule has 0 N–H and O–H groups in total. The lowest BCUT2D eigenvalue weighted by atomic mass is 10.2. The second kappa shape index (κ2) is 7.04. The number of nitrogens with zero attached hydrogens (tertiary/aromatic N) is 5. The summed E-state index contributed by atoms with van der Waals surface area (Å²) < 4.78 is 1.83. The third kappa shape index (κ3) is 3.08. The van der Waals surface area contributed by atoms with Crippen molar-refractivity contribution in [2.24, 2.45) is 7.05 Å². The monoisotopic (exact) mass is 375 g/mol. The predicted octanol–water partition coefficient (Wildman–Crippen LogP) is 4.73. The SMILES string of the molecule is Cn1c(C(C#N)=Cc2csc(-c3ccsc3)n2)nnc1-c1ccccc1. The van der Waals surface area contributed by atoms with Crippen LogP contribution in [0, 0.1) is 11.3 Å². The molecule has 0 amide bonds. The number of thiazole rings is 1. The van der Waals surface area contributed by atoms with Gasteiger partial charge < -0.3 is 4.57 Å². The van der Waals surface area contributed by atoms with Gasteiger partial charge in [-0.2, -0.15) is 16.6 Å². The fraction of sp³-hybridized carbons (Fsp3) is 0.0526. The molecule has 0 saturated heterocycles. The van der Waals surface area contributed by atoms with E-state index in [2.05, 4.69) is 26.6 Å². The van der Waals surface area contributed by atoms with Gasteiger partial charge in [0.2, 0.25) is 0 Å². The minimum Gasteiger partial charge on any atom is -0.310 e. The fourth-order valence-electron chi connectivity index (χ4n) is 2.57. The quantitative estimate of drug-likeness (QED) is 0.484. The van der Waals surface area contributed by atoms with E-state index in [0.29, 0.717) is 11.4 Å². The third-order valence-corrected chi connectivity index (χ3v) is 5.44. The summed E-state index contributed by atoms with van der Waals surface area (Å²) in [5, 5.41) is 25.0. The van der Waals surface area contributed by atoms with Gasteiger partial charge in [-0.05, 0) is 17.5 Å². The molecule has 0 bridgehead atoms. The van der Waals surface area contributed by atoms with Gasteiger partial charge >= 0.3 is 0 Å². The highest BCUT2D eigenvalue weighted by molar-refractivity contribution is 7.14. The van der Waals surface area contributed by atoms with Crippen LogP contribution in [0.25, 0.3) is 33.6 Å². The van der Waals surface area contributed by atoms with E-state index in [1.54, 1.807) is 28.7 Å². The topological polar surface area (TPSA) is 67.4 Å². The second-order valence-electron chi connectivity index (χ2n) is 5.53. The number of nitriles is 1. The van der Waals surface area contributed by atoms with E-state index < -0.39 is 0 Å². The van der Waals surface area contributed by atoms with Crippen LogP contribution in [0.15, 0.2) is 52.5 Å². The van der Waals surface area contributed by atoms with Gasteiger partial charge in [0.1, 0.15) is 11.1 Å². The molecule has 0 aliphatic rings. The van der Waals surface area contributed by atoms with Crippen molar-refractivity contribution in [2.45, 2.75) is 0 Å². The Bertz CT molecular complexity index is 1100. The zero-order valence-corrected chi connectivity index (χ0v) is 15.5. The Morgan fingerprint density at radius 2 is 1.96 bits per heavy atom. The molecule has 0 aliphatic heterocycles. The normalized spacial score (nSPS) is 11.5. The van der Waals surface area contributed by atoms with E-state index in [9.17, 15) is 5.26 Å². The molecule has 0 atom stereocenters. The Morgan fingerprint density at radius 3 is 2.69 bits per heavy atom. The first-order valence-electron chi connectivity index (χ1n) is 7.81. The molecule has 0 radical (unpaired) electrons. The largest absolute Gasteiger partial charge is 0.310 e. The van der Waals surface area contributed by atoms with Crippen molar-refractivity contribution in [2.75, 3.05) is 0 Å². The summed E-state index contributed by atoms with van der Waals surface area (Å²) in [6.45, 7) is 0. The summed E-state index contributed by atoms with van der Waals surface area (Å²) in [5.74, 6) is 1.25. The summed E-state index contributed by atoms with van der Waals surface area (Å²) in [5.41, 5.74) is 3.24. The van der Waals surface area contributed by atoms with Gasteiger partial charge in [-0.3, -0.25) is 0 Å². The summed E-state index contributed by atoms with van der Waals surface area (Å²) in [6.07, 6.45) is 1.76. The van der Waals surface area contributed by atoms with Gasteiger partial charge in [-0.25, -0.2) is 4.98 Å². The molecule has 1 aromatic carbocycles. The Balaban J connectivity index is 1.69. The van der Waals surface area contributed by atoms with Crippen LogP contribution >= 0.6 is 22.7 Å². The van der Waals surface area contributed by atoms with Crippen LogP contribution in [0.2, 0.25) is 0 Å². The van der Waals surface area contributed by atoms with Gasteiger partial charge in [0.05, 0.1) is 11.3 Å². The van der Waals surface area contributed by atoms with E-state index in [4.69, 9.17) is 0 Å². The number of benzene rings is 1. The van der Waals surface area contributed by atoms with Crippen molar-refractivity contribution >= 4 is 34.3 Å². The first kappa shape index (κ1) is 16.4. The minimum absolute atomic E-state index is 0.435. The van der Waals surface area contributed by atoms with Crippen LogP contribution in [0.4, 0.5) is 0 Å². The molecule has 4 aromatic rings. The van der Waals surface area contributed by atoms with Crippen molar-refractivity contribution < 1.29 is 0 Å². The number of rotatable bonds is 4. The Hall–Kier alpha value is -3.08. The van der Waals surface area contributed by atoms with Crippen LogP contribution in [0.1, 0.15) is 11.5 Å². The number of hydrogen-bond acceptors (Lipinski definition) is 6. The van der Waals surface area contributed by atoms with E-state index in [0.717, 1.165) is 27.7 Å². The maximum atomic E-state index is 9.61. The van der Waals surface area contributed by atoms with Gasteiger partial charge in [0, 0.05) is 28.9 Å². The van der Waals surface area contributed by atoms with Crippen molar-refractivity contribution in [3.8, 4) is 28.0 Å². The molecule has 0 saturated carbocycles. The highest BCUT2D eigenvalue weighted by atomic mass is 32.1. The fourth-order valence-corrected chi connectivity index (χ4v) is 4.06. The Morgan fingerprint density at radius 1 is 1.12 bits per heavy atom. The maximum Gasteiger partial charge on any atom is 0.174 e. The van der Waals surface area contributed by atoms with E-state index >= 15 is 0 Å². The van der Waals surface area contributed by atoms with E-state index in [-0.39, 0.29) is 0 Å². The average molecular weight is 375 g/mol. The molecular weight excluding hydrogens is 362 g/mol. The van der Waals surface area contributed by atoms with Gasteiger partial charge in [-0.15, -0.1) is 21.5 Å². The lowest BCUT2D eigenvalue weighted by molar-refractivity contribution is 0.901. The number of thiophene rings is 1. The molecule has 3 heterocycles. The standard InChI is InChI=1S/C19H13N5S2/c1-24-17(13-5-3-2-4-6-13)22-23-18(24)15(10-20)9-16-12-26-19(21-16)14-7-8-25-11-14/h2-9,11-12H,1H3. The number of aromatic nitrogens is 4. The molecule has 0 unspecified atom stereocenters. The average Bonchev–Trinajstić information content (AvgIpc) is 3.41. The van der Waals surface area contributed by atoms with Crippen LogP contribution in [0.3, 0.4) is 0 Å². The zero-order chi connectivity index (χ0) is 17.9. The van der Waals surface area contributed by atoms with Crippen molar-refractivity contribution in [1.82, 2.24) is 19.7 Å². The van der Waals surface area contributed by atoms with Crippen molar-refractivity contribution in [1.29, 1.82) is 5.26 Å². The molecule has 0 aliphatic carbocycles. The lowest BCUT2D eigenvalue weighted by Crippen LogP contribution is -1.98. The van der Waals surface area contributed by atoms with Crippen molar-refractivity contribution in [3.63, 3.8) is 0 Å².